The Balaban J connectivity index is 2.13. The van der Waals surface area contributed by atoms with E-state index >= 15 is 0 Å². The highest BCUT2D eigenvalue weighted by Gasteiger charge is 2.02. The van der Waals surface area contributed by atoms with Crippen molar-refractivity contribution in [3.63, 3.8) is 0 Å². The molecule has 0 heterocycles. The number of hydrogen-bond donors (Lipinski definition) is 0. The average Bonchev–Trinajstić information content (AvgIpc) is 2.33. The van der Waals surface area contributed by atoms with Crippen LogP contribution in [-0.2, 0) is 12.8 Å². The minimum absolute atomic E-state index is 1.14. The molecule has 0 aliphatic carbocycles. The highest BCUT2D eigenvalue weighted by molar-refractivity contribution is 6.34. The van der Waals surface area contributed by atoms with Gasteiger partial charge in [0.05, 0.1) is 0 Å². The van der Waals surface area contributed by atoms with Crippen molar-refractivity contribution < 1.29 is 0 Å². The lowest BCUT2D eigenvalue weighted by molar-refractivity contribution is 0.954. The second kappa shape index (κ2) is 5.22. The Morgan fingerprint density at radius 3 is 2.12 bits per heavy atom. The zero-order valence-corrected chi connectivity index (χ0v) is 11.0. The fourth-order valence-electron chi connectivity index (χ4n) is 2.24. The van der Waals surface area contributed by atoms with Crippen molar-refractivity contribution in [3.8, 4) is 0 Å². The van der Waals surface area contributed by atoms with Gasteiger partial charge in [-0.2, -0.15) is 0 Å². The van der Waals surface area contributed by atoms with Gasteiger partial charge < -0.3 is 0 Å². The highest BCUT2D eigenvalue weighted by Crippen LogP contribution is 2.11. The second-order valence-electron chi connectivity index (χ2n) is 4.79. The highest BCUT2D eigenvalue weighted by atomic mass is 14.1. The molecule has 0 saturated heterocycles. The molecule has 0 amide bonds. The Labute approximate surface area is 105 Å². The third-order valence-electron chi connectivity index (χ3n) is 3.64. The summed E-state index contributed by atoms with van der Waals surface area (Å²) in [4.78, 5) is 0. The van der Waals surface area contributed by atoms with Crippen molar-refractivity contribution in [3.05, 3.63) is 64.7 Å². The lowest BCUT2D eigenvalue weighted by atomic mass is 9.84. The molecule has 0 aliphatic rings. The Morgan fingerprint density at radius 2 is 1.35 bits per heavy atom. The fourth-order valence-corrected chi connectivity index (χ4v) is 2.24. The zero-order valence-electron chi connectivity index (χ0n) is 11.0. The van der Waals surface area contributed by atoms with E-state index in [4.69, 9.17) is 0 Å². The van der Waals surface area contributed by atoms with E-state index in [1.165, 1.54) is 27.7 Å². The molecule has 2 aromatic rings. The van der Waals surface area contributed by atoms with Crippen LogP contribution < -0.4 is 5.46 Å². The maximum Gasteiger partial charge on any atom is 0.139 e. The van der Waals surface area contributed by atoms with Crippen LogP contribution in [0.2, 0.25) is 0 Å². The van der Waals surface area contributed by atoms with Crippen LogP contribution in [0.1, 0.15) is 22.3 Å². The van der Waals surface area contributed by atoms with Crippen LogP contribution in [0.25, 0.3) is 0 Å². The van der Waals surface area contributed by atoms with Crippen molar-refractivity contribution >= 4 is 13.3 Å². The van der Waals surface area contributed by atoms with Gasteiger partial charge in [0.15, 0.2) is 0 Å². The van der Waals surface area contributed by atoms with Gasteiger partial charge in [0, 0.05) is 0 Å². The van der Waals surface area contributed by atoms with Crippen LogP contribution in [0.15, 0.2) is 42.5 Å². The van der Waals surface area contributed by atoms with Crippen molar-refractivity contribution in [2.45, 2.75) is 26.7 Å². The molecular weight excluding hydrogens is 203 g/mol. The van der Waals surface area contributed by atoms with E-state index in [-0.39, 0.29) is 0 Å². The molecule has 2 aromatic carbocycles. The van der Waals surface area contributed by atoms with E-state index in [9.17, 15) is 0 Å². The monoisotopic (exact) mass is 222 g/mol. The van der Waals surface area contributed by atoms with Crippen molar-refractivity contribution in [2.24, 2.45) is 0 Å². The maximum atomic E-state index is 2.25. The molecule has 0 nitrogen and oxygen atoms in total. The first kappa shape index (κ1) is 12.0. The number of rotatable bonds is 3. The second-order valence-corrected chi connectivity index (χ2v) is 4.79. The van der Waals surface area contributed by atoms with E-state index in [2.05, 4.69) is 64.2 Å². The van der Waals surface area contributed by atoms with Gasteiger partial charge in [-0.05, 0) is 37.8 Å². The summed E-state index contributed by atoms with van der Waals surface area (Å²) in [7, 11) is 2.22. The fraction of sp³-hybridized carbons (Fsp3) is 0.250. The lowest BCUT2D eigenvalue weighted by Crippen LogP contribution is -2.14. The van der Waals surface area contributed by atoms with E-state index in [1.807, 2.05) is 0 Å². The van der Waals surface area contributed by atoms with Crippen LogP contribution in [0.3, 0.4) is 0 Å². The molecule has 1 heteroatoms. The molecule has 17 heavy (non-hydrogen) atoms. The van der Waals surface area contributed by atoms with Crippen LogP contribution in [0.5, 0.6) is 0 Å². The van der Waals surface area contributed by atoms with Gasteiger partial charge in [-0.25, -0.2) is 0 Å². The van der Waals surface area contributed by atoms with Crippen LogP contribution in [0.4, 0.5) is 0 Å². The molecule has 2 rings (SSSR count). The van der Waals surface area contributed by atoms with Gasteiger partial charge >= 0.3 is 0 Å². The molecule has 0 bridgehead atoms. The van der Waals surface area contributed by atoms with Crippen LogP contribution in [0, 0.1) is 13.8 Å². The van der Waals surface area contributed by atoms with E-state index in [0.29, 0.717) is 0 Å². The predicted molar refractivity (Wildman–Crippen MR) is 77.9 cm³/mol. The normalized spacial score (nSPS) is 10.5. The first-order chi connectivity index (χ1) is 8.18. The van der Waals surface area contributed by atoms with Gasteiger partial charge in [-0.1, -0.05) is 59.1 Å². The summed E-state index contributed by atoms with van der Waals surface area (Å²) in [5.74, 6) is 0. The molecule has 0 radical (unpaired) electrons. The topological polar surface area (TPSA) is 0 Å². The molecule has 0 atom stereocenters. The summed E-state index contributed by atoms with van der Waals surface area (Å²) < 4.78 is 0. The summed E-state index contributed by atoms with van der Waals surface area (Å²) >= 11 is 0. The Kier molecular flexibility index (Phi) is 3.68. The first-order valence-corrected chi connectivity index (χ1v) is 6.28. The average molecular weight is 222 g/mol. The van der Waals surface area contributed by atoms with Gasteiger partial charge in [-0.15, -0.1) is 0 Å². The molecule has 0 aromatic heterocycles. The molecule has 0 N–H and O–H groups in total. The van der Waals surface area contributed by atoms with Gasteiger partial charge in [0.1, 0.15) is 7.85 Å². The predicted octanol–water partition coefficient (Wildman–Crippen LogP) is 2.35. The molecule has 0 aliphatic heterocycles. The summed E-state index contributed by atoms with van der Waals surface area (Å²) in [6.07, 6.45) is 2.27. The summed E-state index contributed by atoms with van der Waals surface area (Å²) in [5, 5.41) is 0. The summed E-state index contributed by atoms with van der Waals surface area (Å²) in [6, 6.07) is 15.3. The molecule has 0 unspecified atom stereocenters. The van der Waals surface area contributed by atoms with Gasteiger partial charge in [-0.3, -0.25) is 0 Å². The van der Waals surface area contributed by atoms with E-state index in [0.717, 1.165) is 12.8 Å². The SMILES string of the molecule is Bc1c(C)cccc1CCc1ccccc1C. The Hall–Kier alpha value is -1.50. The zero-order chi connectivity index (χ0) is 12.3. The van der Waals surface area contributed by atoms with Crippen molar-refractivity contribution in [2.75, 3.05) is 0 Å². The smallest absolute Gasteiger partial charge is 0.0830 e. The third-order valence-corrected chi connectivity index (χ3v) is 3.64. The van der Waals surface area contributed by atoms with Crippen molar-refractivity contribution in [1.82, 2.24) is 0 Å². The quantitative estimate of drug-likeness (QED) is 0.699. The van der Waals surface area contributed by atoms with Gasteiger partial charge in [0.2, 0.25) is 0 Å². The number of hydrogen-bond acceptors (Lipinski definition) is 0. The number of aryl methyl sites for hydroxylation is 4. The minimum Gasteiger partial charge on any atom is -0.0830 e. The molecule has 0 saturated carbocycles. The molecule has 0 fully saturated rings. The Bertz CT molecular complexity index is 515. The van der Waals surface area contributed by atoms with Crippen molar-refractivity contribution in [1.29, 1.82) is 0 Å². The number of benzene rings is 2. The van der Waals surface area contributed by atoms with Crippen LogP contribution in [-0.4, -0.2) is 7.85 Å². The minimum atomic E-state index is 1.14. The molecule has 0 spiro atoms. The van der Waals surface area contributed by atoms with E-state index in [1.54, 1.807) is 0 Å². The van der Waals surface area contributed by atoms with Crippen LogP contribution >= 0.6 is 0 Å². The largest absolute Gasteiger partial charge is 0.139 e. The summed E-state index contributed by atoms with van der Waals surface area (Å²) in [6.45, 7) is 4.38. The van der Waals surface area contributed by atoms with Gasteiger partial charge in [0.25, 0.3) is 0 Å². The lowest BCUT2D eigenvalue weighted by Gasteiger charge is -2.10. The third kappa shape index (κ3) is 2.79. The molecule has 86 valence electrons. The maximum absolute atomic E-state index is 2.25. The molecular formula is C16H19B. The standard InChI is InChI=1S/C16H19B/c1-12-6-3-4-8-14(12)10-11-15-9-5-7-13(2)16(15)17/h3-9H,10-11,17H2,1-2H3. The first-order valence-electron chi connectivity index (χ1n) is 6.28. The van der Waals surface area contributed by atoms with E-state index < -0.39 is 0 Å². The summed E-state index contributed by atoms with van der Waals surface area (Å²) in [5.41, 5.74) is 7.19. The Morgan fingerprint density at radius 1 is 0.765 bits per heavy atom.